The zero-order valence-corrected chi connectivity index (χ0v) is 10.1. The Labute approximate surface area is 86.4 Å². The predicted molar refractivity (Wildman–Crippen MR) is 9.35 cm³/mol. The molecule has 6 nitrogen and oxygen atoms in total. The van der Waals surface area contributed by atoms with Crippen LogP contribution in [0.3, 0.4) is 0 Å². The van der Waals surface area contributed by atoms with Crippen molar-refractivity contribution in [3.8, 4) is 0 Å². The van der Waals surface area contributed by atoms with Gasteiger partial charge in [-0.15, -0.1) is 0 Å². The minimum atomic E-state index is -5.69. The Balaban J connectivity index is -0.0000000800. The van der Waals surface area contributed by atoms with Gasteiger partial charge in [0.05, 0.1) is 0 Å². The molecule has 0 aliphatic rings. The van der Waals surface area contributed by atoms with Crippen molar-refractivity contribution in [3.63, 3.8) is 0 Å². The van der Waals surface area contributed by atoms with Crippen molar-refractivity contribution in [1.82, 2.24) is 0 Å². The van der Waals surface area contributed by atoms with Gasteiger partial charge in [-0.2, -0.15) is 0 Å². The summed E-state index contributed by atoms with van der Waals surface area (Å²) < 4.78 is 50.2. The molecule has 0 rings (SSSR count). The van der Waals surface area contributed by atoms with Gasteiger partial charge in [-0.1, -0.05) is 0 Å². The van der Waals surface area contributed by atoms with Crippen LogP contribution in [-0.4, -0.2) is 33.0 Å². The van der Waals surface area contributed by atoms with Crippen molar-refractivity contribution in [2.24, 2.45) is 0 Å². The van der Waals surface area contributed by atoms with Crippen molar-refractivity contribution < 1.29 is 58.0 Å². The first-order chi connectivity index (χ1) is 3.41. The average molecular weight is 348 g/mol. The van der Waals surface area contributed by atoms with Crippen LogP contribution in [0.5, 0.6) is 0 Å². The summed E-state index contributed by atoms with van der Waals surface area (Å²) in [5, 5.41) is 0. The topological polar surface area (TPSA) is 124 Å². The van der Waals surface area contributed by atoms with E-state index in [9.17, 15) is 0 Å². The molecule has 0 amide bonds. The van der Waals surface area contributed by atoms with Crippen LogP contribution in [-0.2, 0) is 24.2 Å². The maximum absolute atomic E-state index is 8.73. The van der Waals surface area contributed by atoms with Crippen LogP contribution in [0, 0.1) is 0 Å². The Kier molecular flexibility index (Phi) is 18.5. The van der Waals surface area contributed by atoms with E-state index < -0.39 is 37.1 Å². The Morgan fingerprint density at radius 3 is 1.22 bits per heavy atom. The molecule has 0 aromatic carbocycles. The quantitative estimate of drug-likeness (QED) is 0.343. The van der Waals surface area contributed by atoms with Crippen LogP contribution in [0.2, 0.25) is 0 Å². The Hall–Kier alpha value is 1.79. The van der Waals surface area contributed by atoms with Gasteiger partial charge in [0, 0.05) is 33.0 Å². The molecule has 0 aliphatic carbocycles. The summed E-state index contributed by atoms with van der Waals surface area (Å²) in [6.07, 6.45) is 0. The van der Waals surface area contributed by atoms with Gasteiger partial charge in [-0.05, 0) is 0 Å². The van der Waals surface area contributed by atoms with E-state index in [0.29, 0.717) is 0 Å². The second-order valence-corrected chi connectivity index (χ2v) is 3.01. The molecule has 0 aromatic rings. The summed E-state index contributed by atoms with van der Waals surface area (Å²) in [5.74, 6) is 0. The number of hydrogen-bond donors (Lipinski definition) is 1. The molecule has 0 fully saturated rings. The third-order valence-electron chi connectivity index (χ3n) is 0. The molecule has 0 atom stereocenters. The molecule has 9 heteroatoms. The third-order valence-corrected chi connectivity index (χ3v) is 0. The standard InChI is InChI=1S/HIO4.Na.2O.Ru/c2-1(3,4)5;;;;/h2H;;;;. The molecule has 53 valence electrons. The van der Waals surface area contributed by atoms with Crippen molar-refractivity contribution in [2.75, 3.05) is 0 Å². The van der Waals surface area contributed by atoms with E-state index >= 15 is 0 Å². The van der Waals surface area contributed by atoms with Gasteiger partial charge in [0.25, 0.3) is 0 Å². The zero-order valence-electron chi connectivity index (χ0n) is 4.22. The monoisotopic (exact) mass is 349 g/mol. The van der Waals surface area contributed by atoms with Crippen molar-refractivity contribution in [1.29, 1.82) is 0 Å². The number of hydrogen-bond acceptors (Lipinski definition) is 6. The Morgan fingerprint density at radius 2 is 1.22 bits per heavy atom. The summed E-state index contributed by atoms with van der Waals surface area (Å²) in [4.78, 5) is 0. The van der Waals surface area contributed by atoms with Crippen LogP contribution in [0.15, 0.2) is 0 Å². The van der Waals surface area contributed by atoms with E-state index in [1.54, 1.807) is 0 Å². The molecule has 0 saturated carbocycles. The molecule has 0 saturated heterocycles. The molecule has 0 heterocycles. The molecule has 1 radical (unpaired) electrons. The van der Waals surface area contributed by atoms with Crippen molar-refractivity contribution >= 4 is 29.6 Å². The van der Waals surface area contributed by atoms with Gasteiger partial charge in [0.1, 0.15) is 0 Å². The molecule has 9 heavy (non-hydrogen) atoms. The van der Waals surface area contributed by atoms with Gasteiger partial charge < -0.3 is 0 Å². The van der Waals surface area contributed by atoms with Crippen LogP contribution in [0.25, 0.3) is 0 Å². The molecule has 0 aliphatic heterocycles. The summed E-state index contributed by atoms with van der Waals surface area (Å²) >= 11 is -7.48. The first-order valence-corrected chi connectivity index (χ1v) is 5.95. The average Bonchev–Trinajstić information content (AvgIpc) is 1.27. The van der Waals surface area contributed by atoms with E-state index in [1.807, 2.05) is 0 Å². The fourth-order valence-electron chi connectivity index (χ4n) is 0. The second kappa shape index (κ2) is 9.79. The molecule has 1 N–H and O–H groups in total. The molecule has 0 unspecified atom stereocenters. The predicted octanol–water partition coefficient (Wildman–Crippen LogP) is -7.74. The first kappa shape index (κ1) is 17.0. The van der Waals surface area contributed by atoms with Gasteiger partial charge in [-0.3, -0.25) is 10.3 Å². The fourth-order valence-corrected chi connectivity index (χ4v) is 0. The van der Waals surface area contributed by atoms with Crippen LogP contribution in [0.1, 0.15) is 0 Å². The van der Waals surface area contributed by atoms with Crippen LogP contribution in [0.4, 0.5) is 0 Å². The van der Waals surface area contributed by atoms with Gasteiger partial charge in [-0.25, -0.2) is 0 Å². The summed E-state index contributed by atoms with van der Waals surface area (Å²) in [6.45, 7) is 0. The van der Waals surface area contributed by atoms with Crippen LogP contribution >= 0.6 is 0 Å². The molecule has 0 spiro atoms. The maximum atomic E-state index is 8.73. The third kappa shape index (κ3) is 185. The molecule has 0 aromatic heterocycles. The second-order valence-electron chi connectivity index (χ2n) is 0.455. The fraction of sp³-hybridized carbons (Fsp3) is 0. The zero-order chi connectivity index (χ0) is 7.21. The normalized spacial score (nSPS) is 8.44. The summed E-state index contributed by atoms with van der Waals surface area (Å²) in [7, 11) is 0. The first-order valence-electron chi connectivity index (χ1n) is 0.921. The van der Waals surface area contributed by atoms with E-state index in [1.165, 1.54) is 0 Å². The molecule has 0 bridgehead atoms. The van der Waals surface area contributed by atoms with Gasteiger partial charge in [0.15, 0.2) is 0 Å². The Bertz CT molecular complexity index is 73.5. The van der Waals surface area contributed by atoms with E-state index in [2.05, 4.69) is 0 Å². The van der Waals surface area contributed by atoms with Crippen molar-refractivity contribution in [3.05, 3.63) is 0 Å². The molecular weight excluding hydrogens is 347 g/mol. The van der Waals surface area contributed by atoms with E-state index in [0.717, 1.165) is 0 Å². The summed E-state index contributed by atoms with van der Waals surface area (Å²) in [5.41, 5.74) is 0. The van der Waals surface area contributed by atoms with Gasteiger partial charge >= 0.3 is 44.3 Å². The number of rotatable bonds is 0. The van der Waals surface area contributed by atoms with Gasteiger partial charge in [0.2, 0.25) is 0 Å². The van der Waals surface area contributed by atoms with Crippen molar-refractivity contribution in [2.45, 2.75) is 0 Å². The minimum absolute atomic E-state index is 0. The Morgan fingerprint density at radius 1 is 1.22 bits per heavy atom. The van der Waals surface area contributed by atoms with E-state index in [-0.39, 0.29) is 29.6 Å². The van der Waals surface area contributed by atoms with E-state index in [4.69, 9.17) is 20.9 Å². The molecular formula is HINaO6Ru. The van der Waals surface area contributed by atoms with Crippen LogP contribution < -0.4 is 30.4 Å². The number of halogens is 1. The summed E-state index contributed by atoms with van der Waals surface area (Å²) in [6, 6.07) is 0. The SMILES string of the molecule is [Na].[O-][I+3]([O-])([O-])O.[O]=[Ru]=[O].